The number of benzene rings is 1. The topological polar surface area (TPSA) is 108 Å². The van der Waals surface area contributed by atoms with Crippen molar-refractivity contribution in [2.45, 2.75) is 38.8 Å². The third-order valence-electron chi connectivity index (χ3n) is 4.09. The Morgan fingerprint density at radius 2 is 1.88 bits per heavy atom. The van der Waals surface area contributed by atoms with E-state index in [1.54, 1.807) is 37.3 Å². The van der Waals surface area contributed by atoms with Gasteiger partial charge in [-0.05, 0) is 31.4 Å². The first-order chi connectivity index (χ1) is 12.3. The molecular weight excluding hydrogens is 336 g/mol. The Morgan fingerprint density at radius 3 is 2.38 bits per heavy atom. The first-order valence-electron chi connectivity index (χ1n) is 8.46. The summed E-state index contributed by atoms with van der Waals surface area (Å²) in [5.41, 5.74) is -0.862. The molecule has 1 aromatic carbocycles. The summed E-state index contributed by atoms with van der Waals surface area (Å²) in [6.07, 6.45) is 0.942. The van der Waals surface area contributed by atoms with Crippen LogP contribution in [0.2, 0.25) is 0 Å². The Kier molecular flexibility index (Phi) is 6.15. The van der Waals surface area contributed by atoms with E-state index < -0.39 is 23.5 Å². The molecule has 2 atom stereocenters. The van der Waals surface area contributed by atoms with Crippen LogP contribution in [0.25, 0.3) is 0 Å². The predicted octanol–water partition coefficient (Wildman–Crippen LogP) is 1.70. The second kappa shape index (κ2) is 8.14. The molecule has 0 bridgehead atoms. The molecule has 0 aromatic heterocycles. The fraction of sp³-hybridized carbons (Fsp3) is 0.421. The Bertz CT molecular complexity index is 708. The van der Waals surface area contributed by atoms with Crippen molar-refractivity contribution in [3.8, 4) is 0 Å². The maximum Gasteiger partial charge on any atom is 0.271 e. The van der Waals surface area contributed by atoms with Crippen LogP contribution >= 0.6 is 0 Å². The molecule has 1 heterocycles. The molecule has 3 N–H and O–H groups in total. The molecular formula is C19H24N2O5. The summed E-state index contributed by atoms with van der Waals surface area (Å²) in [6, 6.07) is 7.53. The molecule has 0 aliphatic carbocycles. The monoisotopic (exact) mass is 360 g/mol. The molecule has 1 aliphatic rings. The van der Waals surface area contributed by atoms with Gasteiger partial charge in [-0.2, -0.15) is 0 Å². The zero-order valence-electron chi connectivity index (χ0n) is 15.1. The van der Waals surface area contributed by atoms with Crippen molar-refractivity contribution in [3.63, 3.8) is 0 Å². The van der Waals surface area contributed by atoms with E-state index in [2.05, 4.69) is 10.6 Å². The van der Waals surface area contributed by atoms with Gasteiger partial charge in [0.05, 0.1) is 12.6 Å². The van der Waals surface area contributed by atoms with E-state index in [0.29, 0.717) is 24.9 Å². The minimum absolute atomic E-state index is 0.159. The summed E-state index contributed by atoms with van der Waals surface area (Å²) < 4.78 is 5.18. The van der Waals surface area contributed by atoms with E-state index in [1.165, 1.54) is 0 Å². The number of aliphatic hydroxyl groups excluding tert-OH is 1. The average molecular weight is 360 g/mol. The molecule has 2 rings (SSSR count). The van der Waals surface area contributed by atoms with Gasteiger partial charge < -0.3 is 20.5 Å². The highest BCUT2D eigenvalue weighted by molar-refractivity contribution is 6.04. The van der Waals surface area contributed by atoms with Gasteiger partial charge in [0.25, 0.3) is 11.8 Å². The fourth-order valence-corrected chi connectivity index (χ4v) is 2.49. The lowest BCUT2D eigenvalue weighted by Crippen LogP contribution is -2.48. The van der Waals surface area contributed by atoms with Gasteiger partial charge in [0.1, 0.15) is 17.6 Å². The first kappa shape index (κ1) is 19.7. The molecule has 2 amide bonds. The van der Waals surface area contributed by atoms with Crippen molar-refractivity contribution in [1.82, 2.24) is 10.6 Å². The molecule has 1 saturated heterocycles. The van der Waals surface area contributed by atoms with Crippen molar-refractivity contribution in [2.24, 2.45) is 5.92 Å². The number of rotatable bonds is 8. The third-order valence-corrected chi connectivity index (χ3v) is 4.09. The number of carbonyl (C=O) groups excluding carboxylic acids is 3. The number of ether oxygens (including phenoxy) is 1. The molecule has 7 nitrogen and oxygen atoms in total. The third kappa shape index (κ3) is 4.92. The first-order valence-corrected chi connectivity index (χ1v) is 8.46. The van der Waals surface area contributed by atoms with Gasteiger partial charge in [0.15, 0.2) is 5.78 Å². The van der Waals surface area contributed by atoms with Crippen molar-refractivity contribution < 1.29 is 24.2 Å². The number of Topliss-reactive ketones (excluding diaryl/α,β-unsaturated/α-hetero) is 1. The highest BCUT2D eigenvalue weighted by Crippen LogP contribution is 2.29. The second-order valence-electron chi connectivity index (χ2n) is 6.90. The average Bonchev–Trinajstić information content (AvgIpc) is 3.37. The molecule has 26 heavy (non-hydrogen) atoms. The highest BCUT2D eigenvalue weighted by atomic mass is 16.6. The van der Waals surface area contributed by atoms with Crippen LogP contribution < -0.4 is 10.6 Å². The van der Waals surface area contributed by atoms with Crippen molar-refractivity contribution >= 4 is 17.6 Å². The Balaban J connectivity index is 2.06. The van der Waals surface area contributed by atoms with Crippen molar-refractivity contribution in [1.29, 1.82) is 0 Å². The number of epoxide rings is 1. The molecule has 0 spiro atoms. The number of carbonyl (C=O) groups is 3. The Hall–Kier alpha value is -2.67. The molecule has 0 radical (unpaired) electrons. The van der Waals surface area contributed by atoms with Gasteiger partial charge in [-0.1, -0.05) is 32.0 Å². The number of amides is 2. The van der Waals surface area contributed by atoms with Crippen LogP contribution in [-0.4, -0.2) is 41.0 Å². The van der Waals surface area contributed by atoms with Gasteiger partial charge >= 0.3 is 0 Å². The SMILES string of the molecule is CC(C)C[C@H](NC(=O)C(=CO)NC(=O)c1ccccc1)C(=O)[C@@]1(C)CO1. The minimum atomic E-state index is -0.872. The van der Waals surface area contributed by atoms with Crippen LogP contribution in [0, 0.1) is 5.92 Å². The van der Waals surface area contributed by atoms with E-state index in [1.807, 2.05) is 13.8 Å². The van der Waals surface area contributed by atoms with Crippen LogP contribution in [0.15, 0.2) is 42.3 Å². The molecule has 140 valence electrons. The summed E-state index contributed by atoms with van der Waals surface area (Å²) in [7, 11) is 0. The normalized spacial score (nSPS) is 20.4. The van der Waals surface area contributed by atoms with Gasteiger partial charge in [0.2, 0.25) is 0 Å². The summed E-state index contributed by atoms with van der Waals surface area (Å²) in [4.78, 5) is 37.1. The smallest absolute Gasteiger partial charge is 0.271 e. The summed E-state index contributed by atoms with van der Waals surface area (Å²) >= 11 is 0. The maximum absolute atomic E-state index is 12.5. The molecule has 1 aromatic rings. The van der Waals surface area contributed by atoms with Crippen LogP contribution in [0.5, 0.6) is 0 Å². The molecule has 1 fully saturated rings. The number of ketones is 1. The van der Waals surface area contributed by atoms with Crippen LogP contribution in [0.3, 0.4) is 0 Å². The minimum Gasteiger partial charge on any atom is -0.513 e. The zero-order valence-corrected chi connectivity index (χ0v) is 15.1. The van der Waals surface area contributed by atoms with E-state index >= 15 is 0 Å². The Morgan fingerprint density at radius 1 is 1.27 bits per heavy atom. The molecule has 1 aliphatic heterocycles. The van der Waals surface area contributed by atoms with Gasteiger partial charge in [-0.15, -0.1) is 0 Å². The van der Waals surface area contributed by atoms with Gasteiger partial charge in [-0.3, -0.25) is 14.4 Å². The maximum atomic E-state index is 12.5. The van der Waals surface area contributed by atoms with Crippen molar-refractivity contribution in [3.05, 3.63) is 47.9 Å². The fourth-order valence-electron chi connectivity index (χ4n) is 2.49. The number of hydrogen-bond donors (Lipinski definition) is 3. The van der Waals surface area contributed by atoms with E-state index in [0.717, 1.165) is 0 Å². The quantitative estimate of drug-likeness (QED) is 0.371. The largest absolute Gasteiger partial charge is 0.513 e. The molecule has 7 heteroatoms. The van der Waals surface area contributed by atoms with Crippen LogP contribution in [0.4, 0.5) is 0 Å². The van der Waals surface area contributed by atoms with E-state index in [-0.39, 0.29) is 17.4 Å². The standard InChI is InChI=1S/C19H24N2O5/c1-12(2)9-14(16(23)19(3)11-26-19)20-18(25)15(10-22)21-17(24)13-7-5-4-6-8-13/h4-8,10,12,14,22H,9,11H2,1-3H3,(H,20,25)(H,21,24)/t14-,19+/m0/s1. The predicted molar refractivity (Wildman–Crippen MR) is 95.4 cm³/mol. The number of nitrogens with one attached hydrogen (secondary N) is 2. The summed E-state index contributed by atoms with van der Waals surface area (Å²) in [6.45, 7) is 5.86. The molecule has 0 saturated carbocycles. The van der Waals surface area contributed by atoms with Crippen LogP contribution in [-0.2, 0) is 14.3 Å². The van der Waals surface area contributed by atoms with E-state index in [4.69, 9.17) is 4.74 Å². The van der Waals surface area contributed by atoms with E-state index in [9.17, 15) is 19.5 Å². The second-order valence-corrected chi connectivity index (χ2v) is 6.90. The lowest BCUT2D eigenvalue weighted by atomic mass is 9.93. The van der Waals surface area contributed by atoms with Crippen molar-refractivity contribution in [2.75, 3.05) is 6.61 Å². The molecule has 0 unspecified atom stereocenters. The van der Waals surface area contributed by atoms with Gasteiger partial charge in [-0.25, -0.2) is 0 Å². The summed E-state index contributed by atoms with van der Waals surface area (Å²) in [5.74, 6) is -1.33. The van der Waals surface area contributed by atoms with Crippen LogP contribution in [0.1, 0.15) is 37.6 Å². The Labute approximate surface area is 152 Å². The highest BCUT2D eigenvalue weighted by Gasteiger charge is 2.50. The lowest BCUT2D eigenvalue weighted by molar-refractivity contribution is -0.129. The zero-order chi connectivity index (χ0) is 19.3. The number of hydrogen-bond acceptors (Lipinski definition) is 5. The number of aliphatic hydroxyl groups is 1. The summed E-state index contributed by atoms with van der Waals surface area (Å²) in [5, 5.41) is 14.3. The lowest BCUT2D eigenvalue weighted by Gasteiger charge is -2.22. The van der Waals surface area contributed by atoms with Gasteiger partial charge in [0, 0.05) is 5.56 Å².